The van der Waals surface area contributed by atoms with Crippen LogP contribution < -0.4 is 14.2 Å². The maximum absolute atomic E-state index is 12.2. The molecule has 2 aromatic rings. The number of aromatic hydroxyl groups is 1. The van der Waals surface area contributed by atoms with Gasteiger partial charge in [-0.05, 0) is 41.5 Å². The average molecular weight is 641 g/mol. The summed E-state index contributed by atoms with van der Waals surface area (Å²) in [5.74, 6) is -2.05. The highest BCUT2D eigenvalue weighted by Crippen LogP contribution is 2.34. The monoisotopic (exact) mass is 640 g/mol. The van der Waals surface area contributed by atoms with Crippen molar-refractivity contribution in [3.05, 3.63) is 53.6 Å². The van der Waals surface area contributed by atoms with Crippen molar-refractivity contribution in [1.82, 2.24) is 0 Å². The minimum Gasteiger partial charge on any atom is -0.504 e. The molecule has 1 saturated heterocycles. The van der Waals surface area contributed by atoms with E-state index in [1.54, 1.807) is 6.07 Å². The Morgan fingerprint density at radius 1 is 0.933 bits per heavy atom. The van der Waals surface area contributed by atoms with E-state index < -0.39 is 80.8 Å². The molecule has 0 radical (unpaired) electrons. The predicted molar refractivity (Wildman–Crippen MR) is 150 cm³/mol. The third-order valence-electron chi connectivity index (χ3n) is 6.64. The number of hydrogen-bond donors (Lipinski definition) is 8. The zero-order valence-corrected chi connectivity index (χ0v) is 24.2. The average Bonchev–Trinajstić information content (AvgIpc) is 3.03. The fourth-order valence-electron chi connectivity index (χ4n) is 4.18. The van der Waals surface area contributed by atoms with E-state index >= 15 is 0 Å². The molecule has 2 aromatic carbocycles. The quantitative estimate of drug-likeness (QED) is 0.0833. The van der Waals surface area contributed by atoms with Gasteiger partial charge in [-0.2, -0.15) is 0 Å². The van der Waals surface area contributed by atoms with Gasteiger partial charge in [0.2, 0.25) is 0 Å². The Morgan fingerprint density at radius 3 is 2.29 bits per heavy atom. The van der Waals surface area contributed by atoms with E-state index in [0.29, 0.717) is 11.1 Å². The van der Waals surface area contributed by atoms with Crippen LogP contribution in [0.2, 0.25) is 0 Å². The number of methoxy groups -OCH3 is 2. The Labute approximate surface area is 256 Å². The van der Waals surface area contributed by atoms with Crippen LogP contribution in [0.25, 0.3) is 6.08 Å². The van der Waals surface area contributed by atoms with Gasteiger partial charge in [0.25, 0.3) is 0 Å². The molecule has 248 valence electrons. The molecule has 3 rings (SSSR count). The first-order chi connectivity index (χ1) is 21.4. The number of carboxylic acid groups (broad SMARTS) is 1. The van der Waals surface area contributed by atoms with E-state index in [1.807, 2.05) is 0 Å². The molecule has 1 fully saturated rings. The van der Waals surface area contributed by atoms with Gasteiger partial charge in [-0.25, -0.2) is 9.59 Å². The van der Waals surface area contributed by atoms with Crippen LogP contribution in [-0.2, 0) is 23.8 Å². The highest BCUT2D eigenvalue weighted by atomic mass is 16.7. The van der Waals surface area contributed by atoms with Crippen molar-refractivity contribution in [2.45, 2.75) is 49.0 Å². The molecule has 0 saturated carbocycles. The van der Waals surface area contributed by atoms with Crippen molar-refractivity contribution in [3.8, 4) is 23.0 Å². The molecule has 16 nitrogen and oxygen atoms in total. The minimum absolute atomic E-state index is 0.124. The normalized spacial score (nSPS) is 23.6. The van der Waals surface area contributed by atoms with Crippen molar-refractivity contribution in [2.75, 3.05) is 34.0 Å². The van der Waals surface area contributed by atoms with E-state index in [9.17, 15) is 45.3 Å². The minimum atomic E-state index is -1.90. The third-order valence-corrected chi connectivity index (χ3v) is 6.64. The molecule has 1 aliphatic rings. The smallest absolute Gasteiger partial charge is 0.335 e. The number of carbonyl (C=O) groups excluding carboxylic acids is 1. The lowest BCUT2D eigenvalue weighted by molar-refractivity contribution is -0.298. The van der Waals surface area contributed by atoms with Crippen LogP contribution in [0.15, 0.2) is 42.5 Å². The summed E-state index contributed by atoms with van der Waals surface area (Å²) in [5, 5.41) is 79.0. The van der Waals surface area contributed by atoms with Gasteiger partial charge in [-0.3, -0.25) is 0 Å². The molecule has 1 heterocycles. The van der Waals surface area contributed by atoms with E-state index in [0.717, 1.165) is 6.08 Å². The summed E-state index contributed by atoms with van der Waals surface area (Å²) in [6.45, 7) is -1.69. The van der Waals surface area contributed by atoms with Crippen molar-refractivity contribution in [3.63, 3.8) is 0 Å². The standard InChI is InChI=1S/C29H36O16/c1-40-19-10-15(5-6-17(19)32)23(34)21(11-30)44-18-7-3-14(9-20(18)41-2)4-8-22(33)42-12-16(31)13-43-29-26(37)24(35)25(36)27(45-29)28(38)39/h3-10,16,21,23-27,29-32,34-37H,11-13H2,1-2H3,(H,38,39)/b8-4+/t16-,21-,23+,24-,25+,26+,27-,29+/m0/s1. The van der Waals surface area contributed by atoms with Gasteiger partial charge in [-0.15, -0.1) is 0 Å². The lowest BCUT2D eigenvalue weighted by Gasteiger charge is -2.38. The fraction of sp³-hybridized carbons (Fsp3) is 0.448. The number of rotatable bonds is 15. The van der Waals surface area contributed by atoms with Crippen molar-refractivity contribution < 1.29 is 78.9 Å². The first-order valence-corrected chi connectivity index (χ1v) is 13.5. The summed E-state index contributed by atoms with van der Waals surface area (Å²) in [6, 6.07) is 8.75. The molecule has 0 unspecified atom stereocenters. The Morgan fingerprint density at radius 2 is 1.64 bits per heavy atom. The Hall–Kier alpha value is -4.00. The van der Waals surface area contributed by atoms with Gasteiger partial charge >= 0.3 is 11.9 Å². The second-order valence-electron chi connectivity index (χ2n) is 9.81. The molecular formula is C29H36O16. The number of phenols is 1. The molecular weight excluding hydrogens is 604 g/mol. The number of aliphatic hydroxyl groups is 6. The van der Waals surface area contributed by atoms with E-state index in [1.165, 1.54) is 50.6 Å². The highest BCUT2D eigenvalue weighted by Gasteiger charge is 2.47. The maximum atomic E-state index is 12.2. The predicted octanol–water partition coefficient (Wildman–Crippen LogP) is -1.29. The van der Waals surface area contributed by atoms with Gasteiger partial charge in [0, 0.05) is 6.08 Å². The molecule has 0 spiro atoms. The van der Waals surface area contributed by atoms with Crippen LogP contribution in [0.3, 0.4) is 0 Å². The van der Waals surface area contributed by atoms with Gasteiger partial charge in [0.1, 0.15) is 37.1 Å². The highest BCUT2D eigenvalue weighted by molar-refractivity contribution is 5.87. The third kappa shape index (κ3) is 9.25. The molecule has 0 bridgehead atoms. The number of carboxylic acids is 1. The maximum Gasteiger partial charge on any atom is 0.335 e. The van der Waals surface area contributed by atoms with E-state index in [2.05, 4.69) is 0 Å². The zero-order valence-electron chi connectivity index (χ0n) is 24.2. The summed E-state index contributed by atoms with van der Waals surface area (Å²) in [4.78, 5) is 23.3. The molecule has 8 N–H and O–H groups in total. The van der Waals surface area contributed by atoms with Crippen molar-refractivity contribution in [2.24, 2.45) is 0 Å². The van der Waals surface area contributed by atoms with E-state index in [4.69, 9.17) is 33.5 Å². The Balaban J connectivity index is 1.53. The first kappa shape index (κ1) is 35.5. The fourth-order valence-corrected chi connectivity index (χ4v) is 4.18. The molecule has 0 aromatic heterocycles. The molecule has 1 aliphatic heterocycles. The number of aliphatic carboxylic acids is 1. The van der Waals surface area contributed by atoms with E-state index in [-0.39, 0.29) is 23.0 Å². The van der Waals surface area contributed by atoms with Gasteiger partial charge < -0.3 is 69.3 Å². The zero-order chi connectivity index (χ0) is 33.3. The number of aliphatic hydroxyl groups excluding tert-OH is 6. The molecule has 45 heavy (non-hydrogen) atoms. The number of carbonyl (C=O) groups is 2. The van der Waals surface area contributed by atoms with Gasteiger partial charge in [0.15, 0.2) is 41.5 Å². The lowest BCUT2D eigenvalue weighted by Crippen LogP contribution is -2.60. The number of benzene rings is 2. The molecule has 16 heteroatoms. The summed E-state index contributed by atoms with van der Waals surface area (Å²) in [6.07, 6.45) is -10.5. The number of ether oxygens (including phenoxy) is 6. The Kier molecular flexibility index (Phi) is 12.9. The number of esters is 1. The molecule has 0 aliphatic carbocycles. The molecule has 8 atom stereocenters. The number of phenolic OH excluding ortho intramolecular Hbond substituents is 1. The second-order valence-corrected chi connectivity index (χ2v) is 9.81. The summed E-state index contributed by atoms with van der Waals surface area (Å²) in [5.41, 5.74) is 0.796. The summed E-state index contributed by atoms with van der Waals surface area (Å²) < 4.78 is 31.2. The van der Waals surface area contributed by atoms with Gasteiger partial charge in [0.05, 0.1) is 27.4 Å². The van der Waals surface area contributed by atoms with Crippen LogP contribution in [0.5, 0.6) is 23.0 Å². The number of hydrogen-bond acceptors (Lipinski definition) is 15. The molecule has 0 amide bonds. The Bertz CT molecular complexity index is 1320. The van der Waals surface area contributed by atoms with Crippen LogP contribution in [-0.4, -0.2) is 130 Å². The van der Waals surface area contributed by atoms with Gasteiger partial charge in [-0.1, -0.05) is 12.1 Å². The first-order valence-electron chi connectivity index (χ1n) is 13.5. The lowest BCUT2D eigenvalue weighted by atomic mass is 9.99. The van der Waals surface area contributed by atoms with Crippen LogP contribution in [0.1, 0.15) is 17.2 Å². The largest absolute Gasteiger partial charge is 0.504 e. The van der Waals surface area contributed by atoms with Crippen molar-refractivity contribution >= 4 is 18.0 Å². The van der Waals surface area contributed by atoms with Crippen molar-refractivity contribution in [1.29, 1.82) is 0 Å². The SMILES string of the molecule is COc1cc([C@@H](O)[C@H](CO)Oc2ccc(/C=C/C(=O)OC[C@H](O)CO[C@@H]3O[C@H](C(=O)O)[C@H](O)[C@H](O)[C@H]3O)cc2OC)ccc1O. The second kappa shape index (κ2) is 16.4. The summed E-state index contributed by atoms with van der Waals surface area (Å²) in [7, 11) is 2.72. The topological polar surface area (TPSA) is 251 Å². The van der Waals surface area contributed by atoms with Crippen LogP contribution >= 0.6 is 0 Å². The summed E-state index contributed by atoms with van der Waals surface area (Å²) >= 11 is 0. The van der Waals surface area contributed by atoms with Crippen LogP contribution in [0, 0.1) is 0 Å². The van der Waals surface area contributed by atoms with Crippen LogP contribution in [0.4, 0.5) is 0 Å².